The van der Waals surface area contributed by atoms with Gasteiger partial charge in [-0.25, -0.2) is 0 Å². The molecule has 2 aliphatic carbocycles. The fraction of sp³-hybridized carbons (Fsp3) is 0.412. The Bertz CT molecular complexity index is 396. The average Bonchev–Trinajstić information content (AvgIpc) is 2.74. The summed E-state index contributed by atoms with van der Waals surface area (Å²) in [5, 5.41) is 0. The summed E-state index contributed by atoms with van der Waals surface area (Å²) in [7, 11) is 0. The molecule has 3 aliphatic rings. The molecule has 0 aromatic carbocycles. The summed E-state index contributed by atoms with van der Waals surface area (Å²) in [6, 6.07) is 0. The van der Waals surface area contributed by atoms with Crippen molar-refractivity contribution in [3.05, 3.63) is 57.8 Å². The number of ether oxygens (including phenoxy) is 1. The second-order valence-corrected chi connectivity index (χ2v) is 4.77. The topological polar surface area (TPSA) is 9.23 Å². The van der Waals surface area contributed by atoms with Crippen LogP contribution in [-0.4, -0.2) is 0 Å². The maximum absolute atomic E-state index is 5.89. The molecule has 0 aromatic heterocycles. The Morgan fingerprint density at radius 1 is 0.947 bits per heavy atom. The summed E-state index contributed by atoms with van der Waals surface area (Å²) in [6.45, 7) is 8.00. The second kappa shape index (κ2) is 8.87. The average molecular weight is 276 g/mol. The summed E-state index contributed by atoms with van der Waals surface area (Å²) in [4.78, 5) is 2.51. The Balaban J connectivity index is 0.000000415. The molecule has 0 fully saturated rings. The van der Waals surface area contributed by atoms with Gasteiger partial charge in [0.25, 0.3) is 0 Å². The van der Waals surface area contributed by atoms with Crippen molar-refractivity contribution in [3.63, 3.8) is 0 Å². The van der Waals surface area contributed by atoms with Gasteiger partial charge < -0.3 is 4.74 Å². The summed E-state index contributed by atoms with van der Waals surface area (Å²) in [5.74, 6) is 2.05. The largest absolute Gasteiger partial charge is 0.455 e. The molecule has 0 atom stereocenters. The van der Waals surface area contributed by atoms with Crippen molar-refractivity contribution in [3.8, 4) is 0 Å². The zero-order valence-corrected chi connectivity index (χ0v) is 13.2. The molecule has 104 valence electrons. The fourth-order valence-electron chi connectivity index (χ4n) is 1.81. The van der Waals surface area contributed by atoms with Crippen molar-refractivity contribution in [2.24, 2.45) is 0 Å². The van der Waals surface area contributed by atoms with Gasteiger partial charge in [-0.2, -0.15) is 0 Å². The van der Waals surface area contributed by atoms with Crippen LogP contribution >= 0.6 is 11.8 Å². The molecule has 1 nitrogen and oxygen atoms in total. The lowest BCUT2D eigenvalue weighted by atomic mass is 10.2. The van der Waals surface area contributed by atoms with Gasteiger partial charge in [0.05, 0.1) is 9.81 Å². The second-order valence-electron chi connectivity index (χ2n) is 3.69. The Morgan fingerprint density at radius 3 is 2.42 bits per heavy atom. The van der Waals surface area contributed by atoms with E-state index in [1.54, 1.807) is 0 Å². The van der Waals surface area contributed by atoms with Crippen molar-refractivity contribution in [2.45, 2.75) is 47.0 Å². The van der Waals surface area contributed by atoms with E-state index in [2.05, 4.69) is 36.5 Å². The van der Waals surface area contributed by atoms with Crippen LogP contribution in [0.25, 0.3) is 0 Å². The smallest absolute Gasteiger partial charge is 0.141 e. The molecule has 0 bridgehead atoms. The minimum atomic E-state index is 0.995. The highest BCUT2D eigenvalue weighted by atomic mass is 32.2. The zero-order valence-electron chi connectivity index (χ0n) is 12.4. The predicted octanol–water partition coefficient (Wildman–Crippen LogP) is 6.09. The highest BCUT2D eigenvalue weighted by molar-refractivity contribution is 8.07. The van der Waals surface area contributed by atoms with Gasteiger partial charge in [0.1, 0.15) is 11.5 Å². The lowest BCUT2D eigenvalue weighted by molar-refractivity contribution is 0.327. The van der Waals surface area contributed by atoms with Crippen LogP contribution in [0.3, 0.4) is 0 Å². The van der Waals surface area contributed by atoms with Crippen LogP contribution in [0, 0.1) is 0 Å². The first-order valence-electron chi connectivity index (χ1n) is 7.27. The van der Waals surface area contributed by atoms with Crippen molar-refractivity contribution < 1.29 is 4.74 Å². The van der Waals surface area contributed by atoms with E-state index in [1.165, 1.54) is 9.81 Å². The van der Waals surface area contributed by atoms with E-state index >= 15 is 0 Å². The molecular weight excluding hydrogens is 252 g/mol. The molecule has 0 aromatic rings. The highest BCUT2D eigenvalue weighted by Gasteiger charge is 2.21. The van der Waals surface area contributed by atoms with E-state index in [-0.39, 0.29) is 0 Å². The quantitative estimate of drug-likeness (QED) is 0.529. The first-order chi connectivity index (χ1) is 9.43. The molecule has 0 saturated carbocycles. The molecule has 0 amide bonds. The third kappa shape index (κ3) is 4.17. The van der Waals surface area contributed by atoms with Gasteiger partial charge in [-0.15, -0.1) is 0 Å². The molecule has 0 unspecified atom stereocenters. The van der Waals surface area contributed by atoms with Crippen LogP contribution in [0.2, 0.25) is 0 Å². The van der Waals surface area contributed by atoms with Crippen LogP contribution in [0.5, 0.6) is 0 Å². The predicted molar refractivity (Wildman–Crippen MR) is 86.7 cm³/mol. The van der Waals surface area contributed by atoms with Crippen molar-refractivity contribution >= 4 is 11.8 Å². The molecule has 0 radical (unpaired) electrons. The number of hydrogen-bond acceptors (Lipinski definition) is 2. The Labute approximate surface area is 121 Å². The van der Waals surface area contributed by atoms with Gasteiger partial charge in [-0.3, -0.25) is 0 Å². The van der Waals surface area contributed by atoms with Gasteiger partial charge in [0.15, 0.2) is 0 Å². The standard InChI is InChI=1S/C13H12OS.2C2H6/c1-2-6-10-12(8-3-1)15-13-9-5-4-7-11(13)14-10;2*1-2/h2-3,6-9H,1,4-5H2;2*1-2H3. The third-order valence-corrected chi connectivity index (χ3v) is 3.71. The number of allylic oxidation sites excluding steroid dienone is 6. The van der Waals surface area contributed by atoms with E-state index in [4.69, 9.17) is 4.74 Å². The maximum Gasteiger partial charge on any atom is 0.141 e. The van der Waals surface area contributed by atoms with Gasteiger partial charge in [0, 0.05) is 0 Å². The lowest BCUT2D eigenvalue weighted by Crippen LogP contribution is -2.04. The molecule has 1 heterocycles. The molecule has 3 rings (SSSR count). The van der Waals surface area contributed by atoms with Crippen molar-refractivity contribution in [1.29, 1.82) is 0 Å². The fourth-order valence-corrected chi connectivity index (χ4v) is 2.85. The Kier molecular flexibility index (Phi) is 7.42. The Hall–Kier alpha value is -1.15. The Morgan fingerprint density at radius 2 is 1.63 bits per heavy atom. The lowest BCUT2D eigenvalue weighted by Gasteiger charge is -2.23. The van der Waals surface area contributed by atoms with Crippen LogP contribution in [0.15, 0.2) is 57.8 Å². The van der Waals surface area contributed by atoms with Crippen LogP contribution in [0.1, 0.15) is 47.0 Å². The molecule has 1 aliphatic heterocycles. The van der Waals surface area contributed by atoms with E-state index in [0.29, 0.717) is 0 Å². The molecular formula is C17H24OS. The maximum atomic E-state index is 5.89. The van der Waals surface area contributed by atoms with Crippen LogP contribution < -0.4 is 0 Å². The summed E-state index contributed by atoms with van der Waals surface area (Å²) < 4.78 is 5.89. The minimum absolute atomic E-state index is 0.995. The van der Waals surface area contributed by atoms with Gasteiger partial charge in [0.2, 0.25) is 0 Å². The van der Waals surface area contributed by atoms with Crippen molar-refractivity contribution in [1.82, 2.24) is 0 Å². The van der Waals surface area contributed by atoms with E-state index < -0.39 is 0 Å². The first-order valence-corrected chi connectivity index (χ1v) is 8.09. The van der Waals surface area contributed by atoms with Crippen LogP contribution in [-0.2, 0) is 4.74 Å². The first kappa shape index (κ1) is 15.9. The summed E-state index contributed by atoms with van der Waals surface area (Å²) >= 11 is 1.82. The molecule has 0 spiro atoms. The monoisotopic (exact) mass is 276 g/mol. The van der Waals surface area contributed by atoms with Crippen LogP contribution in [0.4, 0.5) is 0 Å². The van der Waals surface area contributed by atoms with E-state index in [1.807, 2.05) is 39.5 Å². The van der Waals surface area contributed by atoms with E-state index in [9.17, 15) is 0 Å². The molecule has 19 heavy (non-hydrogen) atoms. The molecule has 0 saturated heterocycles. The van der Waals surface area contributed by atoms with Crippen molar-refractivity contribution in [2.75, 3.05) is 0 Å². The summed E-state index contributed by atoms with van der Waals surface area (Å²) in [5.41, 5.74) is 0. The number of hydrogen-bond donors (Lipinski definition) is 0. The SMILES string of the molecule is C1=CC2=C(C=CC1)SC1=CCCC=C1O2.CC.CC. The summed E-state index contributed by atoms with van der Waals surface area (Å²) in [6.07, 6.45) is 16.2. The third-order valence-electron chi connectivity index (χ3n) is 2.56. The number of rotatable bonds is 0. The number of thioether (sulfide) groups is 1. The van der Waals surface area contributed by atoms with Gasteiger partial charge in [-0.05, 0) is 37.5 Å². The highest BCUT2D eigenvalue weighted by Crippen LogP contribution is 2.43. The zero-order chi connectivity index (χ0) is 14.1. The minimum Gasteiger partial charge on any atom is -0.455 e. The van der Waals surface area contributed by atoms with E-state index in [0.717, 1.165) is 30.8 Å². The molecule has 0 N–H and O–H groups in total. The normalized spacial score (nSPS) is 19.2. The number of fused-ring (bicyclic) bond motifs is 1. The van der Waals surface area contributed by atoms with Gasteiger partial charge in [-0.1, -0.05) is 57.7 Å². The van der Waals surface area contributed by atoms with Gasteiger partial charge >= 0.3 is 0 Å². The molecule has 2 heteroatoms.